The van der Waals surface area contributed by atoms with Gasteiger partial charge >= 0.3 is 5.97 Å². The second kappa shape index (κ2) is 18.5. The lowest BCUT2D eigenvalue weighted by Gasteiger charge is -2.32. The lowest BCUT2D eigenvalue weighted by atomic mass is 9.75. The molecule has 2 aliphatic rings. The van der Waals surface area contributed by atoms with Crippen molar-refractivity contribution in [2.24, 2.45) is 21.7 Å². The van der Waals surface area contributed by atoms with Crippen LogP contribution in [0.15, 0.2) is 60.0 Å². The quantitative estimate of drug-likeness (QED) is 0.155. The van der Waals surface area contributed by atoms with Crippen molar-refractivity contribution in [1.29, 1.82) is 0 Å². The third-order valence-corrected chi connectivity index (χ3v) is 12.4. The van der Waals surface area contributed by atoms with Crippen LogP contribution in [-0.2, 0) is 23.9 Å². The van der Waals surface area contributed by atoms with Crippen LogP contribution in [0.3, 0.4) is 0 Å². The van der Waals surface area contributed by atoms with Gasteiger partial charge in [0.15, 0.2) is 11.6 Å². The third kappa shape index (κ3) is 12.7. The van der Waals surface area contributed by atoms with Crippen LogP contribution in [-0.4, -0.2) is 37.9 Å². The Hall–Kier alpha value is -3.67. The van der Waals surface area contributed by atoms with Crippen molar-refractivity contribution in [1.82, 2.24) is 9.97 Å². The van der Waals surface area contributed by atoms with E-state index in [2.05, 4.69) is 4.98 Å². The minimum Gasteiger partial charge on any atom is -0.511 e. The van der Waals surface area contributed by atoms with Crippen LogP contribution in [0.4, 0.5) is 0 Å². The number of thiazole rings is 2. The molecule has 0 bridgehead atoms. The molecule has 0 atom stereocenters. The standard InChI is InChI=1S/C23H26ClNO3S.C18H18ClNO2S.C5H9ClO/c1-13-19(25-20(29-13)14-8-7-9-15(24)10-14)18-16(26)11-23(5,6)12-17(18)28-21(27)22(2,3)4;1-10-16(15-13(21)8-18(2,3)9-14(15)22)20-17(23-10)11-5-4-6-12(19)7-11;1-5(2,3)4(6)7/h7-10H,11-12H2,1-6H3;4-7,21H,8-9H2,1-3H3;1-3H3. The molecule has 0 spiro atoms. The van der Waals surface area contributed by atoms with Crippen molar-refractivity contribution in [3.05, 3.63) is 91.2 Å². The highest BCUT2D eigenvalue weighted by atomic mass is 35.5. The average molecular weight is 900 g/mol. The number of allylic oxidation sites excluding steroid dienone is 4. The van der Waals surface area contributed by atoms with Crippen molar-refractivity contribution in [3.8, 4) is 21.1 Å². The summed E-state index contributed by atoms with van der Waals surface area (Å²) >= 11 is 20.3. The van der Waals surface area contributed by atoms with Crippen LogP contribution < -0.4 is 0 Å². The van der Waals surface area contributed by atoms with Gasteiger partial charge in [-0.25, -0.2) is 9.97 Å². The number of ether oxygens (including phenoxy) is 1. The van der Waals surface area contributed by atoms with Crippen molar-refractivity contribution >= 4 is 91.4 Å². The lowest BCUT2D eigenvalue weighted by Crippen LogP contribution is -2.30. The van der Waals surface area contributed by atoms with Gasteiger partial charge in [-0.05, 0) is 81.3 Å². The third-order valence-electron chi connectivity index (χ3n) is 9.32. The number of ketones is 2. The predicted molar refractivity (Wildman–Crippen MR) is 243 cm³/mol. The Labute approximate surface area is 371 Å². The van der Waals surface area contributed by atoms with Crippen LogP contribution in [0, 0.1) is 35.5 Å². The second-order valence-electron chi connectivity index (χ2n) is 18.5. The molecule has 2 heterocycles. The molecule has 13 heteroatoms. The van der Waals surface area contributed by atoms with E-state index in [4.69, 9.17) is 44.5 Å². The molecule has 0 amide bonds. The fourth-order valence-electron chi connectivity index (χ4n) is 6.18. The molecular formula is C46H53Cl3N2O6S2. The van der Waals surface area contributed by atoms with Gasteiger partial charge in [0, 0.05) is 62.0 Å². The van der Waals surface area contributed by atoms with E-state index in [1.807, 2.05) is 90.1 Å². The number of Topliss-reactive ketones (excluding diaryl/α,β-unsaturated/α-hetero) is 2. The number of carbonyl (C=O) groups excluding carboxylic acids is 4. The van der Waals surface area contributed by atoms with Crippen molar-refractivity contribution in [3.63, 3.8) is 0 Å². The molecule has 2 aromatic heterocycles. The number of aliphatic hydroxyl groups excluding tert-OH is 1. The number of aliphatic hydroxyl groups is 1. The SMILES string of the molecule is CC(C)(C)C(=O)Cl.Cc1sc(-c2cccc(Cl)c2)nc1C1=C(O)CC(C)(C)CC1=O.Cc1sc(-c2cccc(Cl)c2)nc1C1=C(OC(=O)C(C)(C)C)CC(C)(C)CC1=O. The molecule has 1 N–H and O–H groups in total. The van der Waals surface area contributed by atoms with Crippen LogP contribution in [0.5, 0.6) is 0 Å². The van der Waals surface area contributed by atoms with Gasteiger partial charge in [-0.1, -0.05) is 95.9 Å². The maximum Gasteiger partial charge on any atom is 0.316 e. The normalized spacial score (nSPS) is 16.5. The monoisotopic (exact) mass is 898 g/mol. The van der Waals surface area contributed by atoms with Gasteiger partial charge in [0.2, 0.25) is 5.24 Å². The number of esters is 1. The van der Waals surface area contributed by atoms with E-state index in [-0.39, 0.29) is 44.8 Å². The van der Waals surface area contributed by atoms with E-state index >= 15 is 0 Å². The van der Waals surface area contributed by atoms with Crippen molar-refractivity contribution in [2.75, 3.05) is 0 Å². The maximum absolute atomic E-state index is 13.1. The summed E-state index contributed by atoms with van der Waals surface area (Å²) in [5.74, 6) is 0.154. The summed E-state index contributed by atoms with van der Waals surface area (Å²) < 4.78 is 5.78. The average Bonchev–Trinajstić information content (AvgIpc) is 3.65. The van der Waals surface area contributed by atoms with Gasteiger partial charge in [0.05, 0.1) is 27.9 Å². The summed E-state index contributed by atoms with van der Waals surface area (Å²) in [5, 5.41) is 13.0. The first kappa shape index (κ1) is 48.0. The summed E-state index contributed by atoms with van der Waals surface area (Å²) in [7, 11) is 0. The number of nitrogens with zero attached hydrogens (tertiary/aromatic N) is 2. The number of rotatable bonds is 5. The highest BCUT2D eigenvalue weighted by Gasteiger charge is 2.39. The summed E-state index contributed by atoms with van der Waals surface area (Å²) in [5.41, 5.74) is 2.32. The zero-order chi connectivity index (χ0) is 44.4. The number of aryl methyl sites for hydroxylation is 2. The fourth-order valence-corrected chi connectivity index (χ4v) is 8.40. The molecule has 316 valence electrons. The smallest absolute Gasteiger partial charge is 0.316 e. The molecule has 2 aliphatic carbocycles. The molecule has 0 saturated heterocycles. The van der Waals surface area contributed by atoms with Crippen LogP contribution >= 0.6 is 57.5 Å². The van der Waals surface area contributed by atoms with Gasteiger partial charge in [-0.15, -0.1) is 22.7 Å². The van der Waals surface area contributed by atoms with E-state index in [1.54, 1.807) is 41.5 Å². The first-order chi connectivity index (χ1) is 27.1. The first-order valence-corrected chi connectivity index (χ1v) is 22.0. The Morgan fingerprint density at radius 1 is 0.695 bits per heavy atom. The molecule has 0 saturated carbocycles. The Bertz CT molecular complexity index is 2340. The number of aromatic nitrogens is 2. The highest BCUT2D eigenvalue weighted by molar-refractivity contribution is 7.15. The molecular weight excluding hydrogens is 847 g/mol. The number of benzene rings is 2. The van der Waals surface area contributed by atoms with Crippen LogP contribution in [0.25, 0.3) is 32.3 Å². The minimum absolute atomic E-state index is 0.0372. The lowest BCUT2D eigenvalue weighted by molar-refractivity contribution is -0.149. The molecule has 2 aromatic carbocycles. The maximum atomic E-state index is 13.1. The first-order valence-electron chi connectivity index (χ1n) is 19.2. The van der Waals surface area contributed by atoms with E-state index in [0.29, 0.717) is 64.0 Å². The van der Waals surface area contributed by atoms with Crippen LogP contribution in [0.1, 0.15) is 116 Å². The highest BCUT2D eigenvalue weighted by Crippen LogP contribution is 2.44. The van der Waals surface area contributed by atoms with Gasteiger partial charge in [0.25, 0.3) is 0 Å². The fraction of sp³-hybridized carbons (Fsp3) is 0.435. The molecule has 4 aromatic rings. The number of carbonyl (C=O) groups is 4. The molecule has 0 radical (unpaired) electrons. The molecule has 0 fully saturated rings. The zero-order valence-corrected chi connectivity index (χ0v) is 39.7. The van der Waals surface area contributed by atoms with Gasteiger partial charge < -0.3 is 9.84 Å². The van der Waals surface area contributed by atoms with Gasteiger partial charge in [-0.3, -0.25) is 19.2 Å². The number of hydrogen-bond donors (Lipinski definition) is 1. The molecule has 0 aliphatic heterocycles. The summed E-state index contributed by atoms with van der Waals surface area (Å²) in [6.07, 6.45) is 1.83. The van der Waals surface area contributed by atoms with E-state index in [1.165, 1.54) is 22.7 Å². The number of hydrogen-bond acceptors (Lipinski definition) is 10. The minimum atomic E-state index is -0.661. The molecule has 8 nitrogen and oxygen atoms in total. The summed E-state index contributed by atoms with van der Waals surface area (Å²) in [6, 6.07) is 15.0. The Morgan fingerprint density at radius 2 is 1.10 bits per heavy atom. The largest absolute Gasteiger partial charge is 0.511 e. The number of halogens is 3. The second-order valence-corrected chi connectivity index (χ2v) is 22.2. The Balaban J connectivity index is 0.000000229. The predicted octanol–water partition coefficient (Wildman–Crippen LogP) is 13.7. The molecule has 59 heavy (non-hydrogen) atoms. The summed E-state index contributed by atoms with van der Waals surface area (Å²) in [6.45, 7) is 22.6. The van der Waals surface area contributed by atoms with E-state index in [0.717, 1.165) is 30.9 Å². The van der Waals surface area contributed by atoms with E-state index in [9.17, 15) is 24.3 Å². The zero-order valence-electron chi connectivity index (χ0n) is 35.8. The van der Waals surface area contributed by atoms with Gasteiger partial charge in [0.1, 0.15) is 21.5 Å². The van der Waals surface area contributed by atoms with Crippen molar-refractivity contribution < 1.29 is 29.0 Å². The van der Waals surface area contributed by atoms with E-state index < -0.39 is 5.41 Å². The Kier molecular flexibility index (Phi) is 15.1. The van der Waals surface area contributed by atoms with Crippen LogP contribution in [0.2, 0.25) is 10.0 Å². The van der Waals surface area contributed by atoms with Crippen molar-refractivity contribution in [2.45, 2.75) is 109 Å². The summed E-state index contributed by atoms with van der Waals surface area (Å²) in [4.78, 5) is 59.6. The molecule has 6 rings (SSSR count). The molecule has 0 unspecified atom stereocenters. The Morgan fingerprint density at radius 3 is 1.49 bits per heavy atom. The topological polar surface area (TPSA) is 124 Å². The van der Waals surface area contributed by atoms with Gasteiger partial charge in [-0.2, -0.15) is 0 Å².